The van der Waals surface area contributed by atoms with Gasteiger partial charge in [-0.1, -0.05) is 50.1 Å². The van der Waals surface area contributed by atoms with Crippen molar-refractivity contribution in [1.82, 2.24) is 9.88 Å². The summed E-state index contributed by atoms with van der Waals surface area (Å²) in [7, 11) is 1.55. The first kappa shape index (κ1) is 30.2. The second-order valence-electron chi connectivity index (χ2n) is 9.78. The molecule has 0 bridgehead atoms. The van der Waals surface area contributed by atoms with Gasteiger partial charge in [0.2, 0.25) is 5.89 Å². The number of hydrogen-bond acceptors (Lipinski definition) is 7. The smallest absolute Gasteiger partial charge is 0.416 e. The fourth-order valence-electron chi connectivity index (χ4n) is 4.57. The molecule has 0 spiro atoms. The molecular formula is C33H36N2O7. The van der Waals surface area contributed by atoms with Crippen molar-refractivity contribution < 1.29 is 33.3 Å². The SMILES string of the molecule is CCCCC(c1ccc(OCCc2nc(-c3ccccc3)oc2C)cc1)N(CC(=O)O)C(=O)Oc1ccc(OC)cc1. The topological polar surface area (TPSA) is 111 Å². The molecule has 4 rings (SSSR count). The normalized spacial score (nSPS) is 11.5. The average molecular weight is 573 g/mol. The Kier molecular flexibility index (Phi) is 10.6. The zero-order valence-corrected chi connectivity index (χ0v) is 24.1. The Morgan fingerprint density at radius 2 is 1.62 bits per heavy atom. The van der Waals surface area contributed by atoms with E-state index >= 15 is 0 Å². The van der Waals surface area contributed by atoms with Crippen LogP contribution < -0.4 is 14.2 Å². The molecule has 1 aromatic heterocycles. The van der Waals surface area contributed by atoms with E-state index in [2.05, 4.69) is 4.98 Å². The van der Waals surface area contributed by atoms with Crippen LogP contribution in [0.2, 0.25) is 0 Å². The first-order chi connectivity index (χ1) is 20.4. The maximum absolute atomic E-state index is 13.2. The number of carbonyl (C=O) groups excluding carboxylic acids is 1. The third-order valence-corrected chi connectivity index (χ3v) is 6.80. The number of aromatic nitrogens is 1. The average Bonchev–Trinajstić information content (AvgIpc) is 3.38. The standard InChI is InChI=1S/C33H36N2O7/c1-4-5-11-30(35(22-31(36)37)33(38)42-28-18-16-26(39-3)17-19-28)24-12-14-27(15-13-24)40-21-20-29-23(2)41-32(34-29)25-9-7-6-8-10-25/h6-10,12-19,30H,4-5,11,20-22H2,1-3H3,(H,36,37). The van der Waals surface area contributed by atoms with Crippen LogP contribution in [0.15, 0.2) is 83.3 Å². The number of hydrogen-bond donors (Lipinski definition) is 1. The first-order valence-electron chi connectivity index (χ1n) is 14.0. The van der Waals surface area contributed by atoms with Crippen molar-refractivity contribution in [2.45, 2.75) is 45.6 Å². The van der Waals surface area contributed by atoms with E-state index < -0.39 is 24.6 Å². The Balaban J connectivity index is 1.43. The molecule has 0 aliphatic carbocycles. The van der Waals surface area contributed by atoms with E-state index in [1.54, 1.807) is 31.4 Å². The van der Waals surface area contributed by atoms with Gasteiger partial charge in [0.1, 0.15) is 29.6 Å². The molecule has 0 saturated carbocycles. The molecule has 1 unspecified atom stereocenters. The van der Waals surface area contributed by atoms with Gasteiger partial charge < -0.3 is 23.7 Å². The quantitative estimate of drug-likeness (QED) is 0.170. The zero-order valence-electron chi connectivity index (χ0n) is 24.1. The molecule has 1 atom stereocenters. The number of aliphatic carboxylic acids is 1. The minimum absolute atomic E-state index is 0.299. The first-order valence-corrected chi connectivity index (χ1v) is 14.0. The molecule has 0 radical (unpaired) electrons. The lowest BCUT2D eigenvalue weighted by Gasteiger charge is -2.30. The van der Waals surface area contributed by atoms with E-state index in [-0.39, 0.29) is 0 Å². The van der Waals surface area contributed by atoms with Crippen molar-refractivity contribution in [1.29, 1.82) is 0 Å². The van der Waals surface area contributed by atoms with Crippen molar-refractivity contribution in [2.24, 2.45) is 0 Å². The van der Waals surface area contributed by atoms with Gasteiger partial charge in [0.25, 0.3) is 0 Å². The number of ether oxygens (including phenoxy) is 3. The number of nitrogens with zero attached hydrogens (tertiary/aromatic N) is 2. The Bertz CT molecular complexity index is 1430. The summed E-state index contributed by atoms with van der Waals surface area (Å²) in [4.78, 5) is 30.9. The second-order valence-corrected chi connectivity index (χ2v) is 9.78. The fraction of sp³-hybridized carbons (Fsp3) is 0.303. The lowest BCUT2D eigenvalue weighted by atomic mass is 9.99. The predicted molar refractivity (Wildman–Crippen MR) is 158 cm³/mol. The number of unbranched alkanes of at least 4 members (excludes halogenated alkanes) is 1. The lowest BCUT2D eigenvalue weighted by Crippen LogP contribution is -2.40. The van der Waals surface area contributed by atoms with Crippen molar-refractivity contribution in [3.8, 4) is 28.7 Å². The summed E-state index contributed by atoms with van der Waals surface area (Å²) in [6.45, 7) is 3.84. The highest BCUT2D eigenvalue weighted by Crippen LogP contribution is 2.30. The van der Waals surface area contributed by atoms with Crippen LogP contribution in [0.5, 0.6) is 17.2 Å². The molecule has 9 heteroatoms. The predicted octanol–water partition coefficient (Wildman–Crippen LogP) is 7.10. The van der Waals surface area contributed by atoms with Gasteiger partial charge in [-0.05, 0) is 67.4 Å². The summed E-state index contributed by atoms with van der Waals surface area (Å²) in [5.41, 5.74) is 2.55. The lowest BCUT2D eigenvalue weighted by molar-refractivity contribution is -0.138. The van der Waals surface area contributed by atoms with Crippen LogP contribution in [-0.4, -0.2) is 47.3 Å². The highest BCUT2D eigenvalue weighted by atomic mass is 16.6. The molecule has 1 heterocycles. The van der Waals surface area contributed by atoms with E-state index in [9.17, 15) is 14.7 Å². The summed E-state index contributed by atoms with van der Waals surface area (Å²) in [6.07, 6.45) is 2.11. The molecule has 0 aliphatic heterocycles. The van der Waals surface area contributed by atoms with Crippen molar-refractivity contribution in [3.63, 3.8) is 0 Å². The molecule has 4 aromatic rings. The summed E-state index contributed by atoms with van der Waals surface area (Å²) in [5.74, 6) is 1.79. The fourth-order valence-corrected chi connectivity index (χ4v) is 4.57. The van der Waals surface area contributed by atoms with Crippen molar-refractivity contribution in [2.75, 3.05) is 20.3 Å². The van der Waals surface area contributed by atoms with Gasteiger partial charge in [-0.2, -0.15) is 0 Å². The number of carboxylic acid groups (broad SMARTS) is 1. The number of oxazole rings is 1. The molecule has 9 nitrogen and oxygen atoms in total. The van der Waals surface area contributed by atoms with E-state index in [0.29, 0.717) is 42.6 Å². The molecule has 1 amide bonds. The van der Waals surface area contributed by atoms with Gasteiger partial charge in [0.05, 0.1) is 25.5 Å². The van der Waals surface area contributed by atoms with Crippen LogP contribution in [-0.2, 0) is 11.2 Å². The van der Waals surface area contributed by atoms with E-state index in [0.717, 1.165) is 35.4 Å². The largest absolute Gasteiger partial charge is 0.497 e. The number of benzene rings is 3. The summed E-state index contributed by atoms with van der Waals surface area (Å²) in [5, 5.41) is 9.61. The molecule has 1 N–H and O–H groups in total. The van der Waals surface area contributed by atoms with Crippen LogP contribution in [0, 0.1) is 6.92 Å². The minimum Gasteiger partial charge on any atom is -0.497 e. The highest BCUT2D eigenvalue weighted by molar-refractivity contribution is 5.78. The van der Waals surface area contributed by atoms with Crippen LogP contribution in [0.1, 0.15) is 49.2 Å². The summed E-state index contributed by atoms with van der Waals surface area (Å²) < 4.78 is 22.5. The Hall–Kier alpha value is -4.79. The molecule has 0 aliphatic rings. The summed E-state index contributed by atoms with van der Waals surface area (Å²) in [6, 6.07) is 23.2. The summed E-state index contributed by atoms with van der Waals surface area (Å²) >= 11 is 0. The number of methoxy groups -OCH3 is 1. The zero-order chi connectivity index (χ0) is 29.9. The Morgan fingerprint density at radius 3 is 2.26 bits per heavy atom. The molecule has 3 aromatic carbocycles. The maximum atomic E-state index is 13.2. The number of rotatable bonds is 14. The maximum Gasteiger partial charge on any atom is 0.416 e. The van der Waals surface area contributed by atoms with E-state index in [1.165, 1.54) is 4.90 Å². The van der Waals surface area contributed by atoms with E-state index in [1.807, 2.05) is 68.4 Å². The van der Waals surface area contributed by atoms with Crippen LogP contribution >= 0.6 is 0 Å². The van der Waals surface area contributed by atoms with Crippen molar-refractivity contribution in [3.05, 3.63) is 95.9 Å². The molecule has 42 heavy (non-hydrogen) atoms. The molecule has 220 valence electrons. The van der Waals surface area contributed by atoms with Crippen LogP contribution in [0.4, 0.5) is 4.79 Å². The van der Waals surface area contributed by atoms with Gasteiger partial charge in [0, 0.05) is 12.0 Å². The highest BCUT2D eigenvalue weighted by Gasteiger charge is 2.29. The van der Waals surface area contributed by atoms with Gasteiger partial charge >= 0.3 is 12.1 Å². The van der Waals surface area contributed by atoms with Gasteiger partial charge in [0.15, 0.2) is 0 Å². The van der Waals surface area contributed by atoms with Gasteiger partial charge in [-0.3, -0.25) is 9.69 Å². The third-order valence-electron chi connectivity index (χ3n) is 6.80. The third kappa shape index (κ3) is 8.13. The number of carboxylic acids is 1. The molecule has 0 saturated heterocycles. The number of amides is 1. The monoisotopic (exact) mass is 572 g/mol. The number of carbonyl (C=O) groups is 2. The second kappa shape index (κ2) is 14.7. The van der Waals surface area contributed by atoms with Gasteiger partial charge in [-0.25, -0.2) is 9.78 Å². The Morgan fingerprint density at radius 1 is 0.952 bits per heavy atom. The van der Waals surface area contributed by atoms with E-state index in [4.69, 9.17) is 18.6 Å². The Labute approximate surface area is 245 Å². The van der Waals surface area contributed by atoms with Crippen LogP contribution in [0.3, 0.4) is 0 Å². The van der Waals surface area contributed by atoms with Crippen molar-refractivity contribution >= 4 is 12.1 Å². The number of aryl methyl sites for hydroxylation is 1. The minimum atomic E-state index is -1.12. The van der Waals surface area contributed by atoms with Gasteiger partial charge in [-0.15, -0.1) is 0 Å². The van der Waals surface area contributed by atoms with Crippen LogP contribution in [0.25, 0.3) is 11.5 Å². The molecule has 0 fully saturated rings. The molecular weight excluding hydrogens is 536 g/mol.